The van der Waals surface area contributed by atoms with E-state index in [1.54, 1.807) is 0 Å². The lowest BCUT2D eigenvalue weighted by Gasteiger charge is -2.18. The fourth-order valence-corrected chi connectivity index (χ4v) is 1.44. The maximum Gasteiger partial charge on any atom is 0.0593 e. The molecule has 0 fully saturated rings. The predicted octanol–water partition coefficient (Wildman–Crippen LogP) is 2.64. The molecule has 0 spiro atoms. The van der Waals surface area contributed by atoms with Crippen molar-refractivity contribution in [2.24, 2.45) is 11.8 Å². The summed E-state index contributed by atoms with van der Waals surface area (Å²) in [6.45, 7) is 12.4. The minimum Gasteiger partial charge on any atom is -0.379 e. The first-order chi connectivity index (χ1) is 7.52. The maximum absolute atomic E-state index is 5.52. The Kier molecular flexibility index (Phi) is 9.37. The summed E-state index contributed by atoms with van der Waals surface area (Å²) in [6.07, 6.45) is 0.853. The van der Waals surface area contributed by atoms with Crippen LogP contribution in [0.4, 0.5) is 0 Å². The SMILES string of the molecule is CC(C)C#CCCOCCN(C)CC(C)C. The fraction of sp³-hybridized carbons (Fsp3) is 0.857. The van der Waals surface area contributed by atoms with Gasteiger partial charge in [-0.3, -0.25) is 0 Å². The first kappa shape index (κ1) is 15.5. The minimum atomic E-state index is 0.470. The van der Waals surface area contributed by atoms with Crippen LogP contribution in [0.1, 0.15) is 34.1 Å². The molecule has 0 aromatic heterocycles. The van der Waals surface area contributed by atoms with Gasteiger partial charge >= 0.3 is 0 Å². The van der Waals surface area contributed by atoms with Crippen LogP contribution in [0.5, 0.6) is 0 Å². The van der Waals surface area contributed by atoms with Crippen molar-refractivity contribution in [1.82, 2.24) is 4.90 Å². The number of likely N-dealkylation sites (N-methyl/N-ethyl adjacent to an activating group) is 1. The van der Waals surface area contributed by atoms with Gasteiger partial charge in [0.1, 0.15) is 0 Å². The monoisotopic (exact) mass is 225 g/mol. The van der Waals surface area contributed by atoms with Crippen molar-refractivity contribution in [3.05, 3.63) is 0 Å². The highest BCUT2D eigenvalue weighted by molar-refractivity contribution is 5.00. The zero-order valence-electron chi connectivity index (χ0n) is 11.5. The van der Waals surface area contributed by atoms with E-state index >= 15 is 0 Å². The van der Waals surface area contributed by atoms with Crippen LogP contribution in [-0.4, -0.2) is 38.3 Å². The molecular formula is C14H27NO. The van der Waals surface area contributed by atoms with E-state index < -0.39 is 0 Å². The summed E-state index contributed by atoms with van der Waals surface area (Å²) in [5.41, 5.74) is 0. The Labute approximate surface area is 101 Å². The van der Waals surface area contributed by atoms with Gasteiger partial charge in [0.05, 0.1) is 13.2 Å². The Hall–Kier alpha value is -0.520. The summed E-state index contributed by atoms with van der Waals surface area (Å²) in [5, 5.41) is 0. The molecule has 0 aliphatic carbocycles. The van der Waals surface area contributed by atoms with Crippen LogP contribution in [0.25, 0.3) is 0 Å². The van der Waals surface area contributed by atoms with Crippen molar-refractivity contribution < 1.29 is 4.74 Å². The molecule has 0 aliphatic heterocycles. The van der Waals surface area contributed by atoms with E-state index in [4.69, 9.17) is 4.74 Å². The summed E-state index contributed by atoms with van der Waals surface area (Å²) in [7, 11) is 2.14. The van der Waals surface area contributed by atoms with Crippen molar-refractivity contribution in [2.75, 3.05) is 33.4 Å². The van der Waals surface area contributed by atoms with E-state index in [1.165, 1.54) is 0 Å². The fourth-order valence-electron chi connectivity index (χ4n) is 1.44. The quantitative estimate of drug-likeness (QED) is 0.488. The maximum atomic E-state index is 5.52. The molecule has 0 aliphatic rings. The lowest BCUT2D eigenvalue weighted by Crippen LogP contribution is -2.27. The summed E-state index contributed by atoms with van der Waals surface area (Å²) in [6, 6.07) is 0. The second-order valence-electron chi connectivity index (χ2n) is 4.99. The van der Waals surface area contributed by atoms with Crippen molar-refractivity contribution in [2.45, 2.75) is 34.1 Å². The number of ether oxygens (including phenoxy) is 1. The molecule has 0 saturated heterocycles. The molecule has 0 rings (SSSR count). The molecule has 0 bridgehead atoms. The number of hydrogen-bond acceptors (Lipinski definition) is 2. The van der Waals surface area contributed by atoms with Crippen LogP contribution in [0.2, 0.25) is 0 Å². The Balaban J connectivity index is 3.31. The van der Waals surface area contributed by atoms with Crippen LogP contribution in [0.3, 0.4) is 0 Å². The molecule has 2 nitrogen and oxygen atoms in total. The topological polar surface area (TPSA) is 12.5 Å². The van der Waals surface area contributed by atoms with Gasteiger partial charge in [-0.1, -0.05) is 27.7 Å². The Morgan fingerprint density at radius 1 is 1.12 bits per heavy atom. The van der Waals surface area contributed by atoms with Crippen LogP contribution >= 0.6 is 0 Å². The highest BCUT2D eigenvalue weighted by atomic mass is 16.5. The van der Waals surface area contributed by atoms with Gasteiger partial charge in [-0.15, -0.1) is 11.8 Å². The molecule has 0 N–H and O–H groups in total. The molecular weight excluding hydrogens is 198 g/mol. The largest absolute Gasteiger partial charge is 0.379 e. The van der Waals surface area contributed by atoms with Gasteiger partial charge in [-0.2, -0.15) is 0 Å². The number of rotatable bonds is 7. The first-order valence-electron chi connectivity index (χ1n) is 6.27. The highest BCUT2D eigenvalue weighted by Gasteiger charge is 2.00. The highest BCUT2D eigenvalue weighted by Crippen LogP contribution is 1.95. The van der Waals surface area contributed by atoms with E-state index in [-0.39, 0.29) is 0 Å². The third-order valence-electron chi connectivity index (χ3n) is 2.06. The molecule has 0 heterocycles. The lowest BCUT2D eigenvalue weighted by molar-refractivity contribution is 0.113. The van der Waals surface area contributed by atoms with E-state index in [1.807, 2.05) is 0 Å². The second kappa shape index (κ2) is 9.69. The van der Waals surface area contributed by atoms with Gasteiger partial charge in [0, 0.05) is 25.4 Å². The predicted molar refractivity (Wildman–Crippen MR) is 70.4 cm³/mol. The van der Waals surface area contributed by atoms with Crippen LogP contribution in [0.15, 0.2) is 0 Å². The van der Waals surface area contributed by atoms with Gasteiger partial charge in [0.25, 0.3) is 0 Å². The molecule has 0 saturated carbocycles. The molecule has 0 unspecified atom stereocenters. The average Bonchev–Trinajstić information content (AvgIpc) is 2.14. The molecule has 0 aromatic rings. The summed E-state index contributed by atoms with van der Waals surface area (Å²) in [5.74, 6) is 7.44. The summed E-state index contributed by atoms with van der Waals surface area (Å²) in [4.78, 5) is 2.31. The zero-order chi connectivity index (χ0) is 12.4. The number of hydrogen-bond donors (Lipinski definition) is 0. The third kappa shape index (κ3) is 11.6. The smallest absolute Gasteiger partial charge is 0.0593 e. The van der Waals surface area contributed by atoms with Gasteiger partial charge in [-0.05, 0) is 13.0 Å². The minimum absolute atomic E-state index is 0.470. The van der Waals surface area contributed by atoms with Gasteiger partial charge in [-0.25, -0.2) is 0 Å². The lowest BCUT2D eigenvalue weighted by atomic mass is 10.2. The summed E-state index contributed by atoms with van der Waals surface area (Å²) < 4.78 is 5.52. The molecule has 0 radical (unpaired) electrons. The average molecular weight is 225 g/mol. The van der Waals surface area contributed by atoms with E-state index in [0.717, 1.165) is 38.6 Å². The first-order valence-corrected chi connectivity index (χ1v) is 6.27. The van der Waals surface area contributed by atoms with E-state index in [0.29, 0.717) is 5.92 Å². The van der Waals surface area contributed by atoms with Gasteiger partial charge < -0.3 is 9.64 Å². The van der Waals surface area contributed by atoms with Crippen LogP contribution < -0.4 is 0 Å². The third-order valence-corrected chi connectivity index (χ3v) is 2.06. The van der Waals surface area contributed by atoms with Crippen molar-refractivity contribution in [3.63, 3.8) is 0 Å². The van der Waals surface area contributed by atoms with Crippen molar-refractivity contribution >= 4 is 0 Å². The number of nitrogens with zero attached hydrogens (tertiary/aromatic N) is 1. The van der Waals surface area contributed by atoms with Crippen LogP contribution in [0, 0.1) is 23.7 Å². The molecule has 16 heavy (non-hydrogen) atoms. The Morgan fingerprint density at radius 2 is 1.81 bits per heavy atom. The molecule has 2 heteroatoms. The zero-order valence-corrected chi connectivity index (χ0v) is 11.5. The molecule has 94 valence electrons. The van der Waals surface area contributed by atoms with E-state index in [9.17, 15) is 0 Å². The Bertz CT molecular complexity index is 213. The van der Waals surface area contributed by atoms with Crippen LogP contribution in [-0.2, 0) is 4.74 Å². The Morgan fingerprint density at radius 3 is 2.38 bits per heavy atom. The summed E-state index contributed by atoms with van der Waals surface area (Å²) >= 11 is 0. The van der Waals surface area contributed by atoms with Gasteiger partial charge in [0.15, 0.2) is 0 Å². The standard InChI is InChI=1S/C14H27NO/c1-13(2)8-6-7-10-16-11-9-15(5)12-14(3)4/h13-14H,7,9-12H2,1-5H3. The van der Waals surface area contributed by atoms with Crippen molar-refractivity contribution in [3.8, 4) is 11.8 Å². The van der Waals surface area contributed by atoms with Crippen molar-refractivity contribution in [1.29, 1.82) is 0 Å². The van der Waals surface area contributed by atoms with E-state index in [2.05, 4.69) is 51.5 Å². The second-order valence-corrected chi connectivity index (χ2v) is 4.99. The molecule has 0 amide bonds. The molecule has 0 atom stereocenters. The normalized spacial score (nSPS) is 11.0. The van der Waals surface area contributed by atoms with Gasteiger partial charge in [0.2, 0.25) is 0 Å². The molecule has 0 aromatic carbocycles.